The van der Waals surface area contributed by atoms with E-state index in [1.165, 1.54) is 29.8 Å². The van der Waals surface area contributed by atoms with Crippen LogP contribution in [0.2, 0.25) is 0 Å². The first-order chi connectivity index (χ1) is 17.1. The lowest BCUT2D eigenvalue weighted by molar-refractivity contribution is 0.0994. The zero-order valence-corrected chi connectivity index (χ0v) is 17.6. The lowest BCUT2D eigenvalue weighted by Gasteiger charge is -2.08. The van der Waals surface area contributed by atoms with Crippen molar-refractivity contribution in [2.45, 2.75) is 20.7 Å². The Bertz CT molecular complexity index is 1630. The van der Waals surface area contributed by atoms with E-state index >= 15 is 0 Å². The van der Waals surface area contributed by atoms with Crippen molar-refractivity contribution in [3.63, 3.8) is 0 Å². The van der Waals surface area contributed by atoms with Crippen LogP contribution in [0, 0.1) is 26.5 Å². The first kappa shape index (κ1) is 17.2. The highest BCUT2D eigenvalue weighted by molar-refractivity contribution is 6.03. The largest absolute Gasteiger partial charge is 0.436 e. The molecule has 5 rings (SSSR count). The Balaban J connectivity index is 1.45. The number of amides is 1. The van der Waals surface area contributed by atoms with Gasteiger partial charge in [0.2, 0.25) is 5.76 Å². The van der Waals surface area contributed by atoms with E-state index in [4.69, 9.17) is 8.53 Å². The first-order valence-corrected chi connectivity index (χ1v) is 9.97. The van der Waals surface area contributed by atoms with Gasteiger partial charge in [-0.25, -0.2) is 19.0 Å². The van der Waals surface area contributed by atoms with Crippen LogP contribution in [0.15, 0.2) is 59.4 Å². The van der Waals surface area contributed by atoms with Crippen LogP contribution in [0.1, 0.15) is 31.8 Å². The molecular weight excluding hydrogens is 423 g/mol. The molecule has 164 valence electrons. The number of carbonyl (C=O) groups excluding carboxylic acids is 1. The van der Waals surface area contributed by atoms with Gasteiger partial charge in [-0.1, -0.05) is 6.07 Å². The molecule has 0 saturated carbocycles. The summed E-state index contributed by atoms with van der Waals surface area (Å²) in [6.45, 7) is 0.833. The minimum atomic E-state index is -2.59. The van der Waals surface area contributed by atoms with E-state index < -0.39 is 24.5 Å². The molecule has 0 aliphatic rings. The van der Waals surface area contributed by atoms with Crippen LogP contribution in [0.4, 0.5) is 10.1 Å². The fourth-order valence-corrected chi connectivity index (χ4v) is 3.52. The molecule has 1 aromatic carbocycles. The zero-order valence-electron chi connectivity index (χ0n) is 20.6. The molecule has 1 amide bonds. The van der Waals surface area contributed by atoms with Crippen molar-refractivity contribution in [1.82, 2.24) is 24.7 Å². The van der Waals surface area contributed by atoms with E-state index in [1.54, 1.807) is 18.6 Å². The standard InChI is InChI=1S/C24H19FN6O2/c1-13-5-4-8-26-21(13)16-9-17-12-31(30-23(17)27-11-16)20-10-18(6-7-19(20)25)29-24(32)22-14(2)28-15(3)33-22/h4-12H,1-3H3,(H,29,32)/i3D3. The van der Waals surface area contributed by atoms with Crippen molar-refractivity contribution in [1.29, 1.82) is 0 Å². The molecule has 1 N–H and O–H groups in total. The molecule has 0 fully saturated rings. The highest BCUT2D eigenvalue weighted by Crippen LogP contribution is 2.25. The Labute approximate surface area is 192 Å². The van der Waals surface area contributed by atoms with Gasteiger partial charge < -0.3 is 9.73 Å². The Kier molecular flexibility index (Phi) is 4.14. The third-order valence-electron chi connectivity index (χ3n) is 5.10. The van der Waals surface area contributed by atoms with Gasteiger partial charge in [-0.05, 0) is 49.7 Å². The number of hydrogen-bond donors (Lipinski definition) is 1. The number of nitrogens with one attached hydrogen (secondary N) is 1. The maximum Gasteiger partial charge on any atom is 0.293 e. The molecule has 33 heavy (non-hydrogen) atoms. The summed E-state index contributed by atoms with van der Waals surface area (Å²) in [6, 6.07) is 9.65. The summed E-state index contributed by atoms with van der Waals surface area (Å²) in [5, 5.41) is 7.63. The number of carbonyl (C=O) groups is 1. The van der Waals surface area contributed by atoms with E-state index in [-0.39, 0.29) is 22.8 Å². The predicted molar refractivity (Wildman–Crippen MR) is 121 cm³/mol. The summed E-state index contributed by atoms with van der Waals surface area (Å²) >= 11 is 0. The van der Waals surface area contributed by atoms with Crippen molar-refractivity contribution in [3.8, 4) is 16.9 Å². The second-order valence-electron chi connectivity index (χ2n) is 7.43. The number of fused-ring (bicyclic) bond motifs is 1. The quantitative estimate of drug-likeness (QED) is 0.427. The normalized spacial score (nSPS) is 12.9. The van der Waals surface area contributed by atoms with Gasteiger partial charge in [-0.2, -0.15) is 0 Å². The van der Waals surface area contributed by atoms with Crippen molar-refractivity contribution in [2.24, 2.45) is 0 Å². The summed E-state index contributed by atoms with van der Waals surface area (Å²) in [5.41, 5.74) is 3.47. The molecule has 4 aromatic heterocycles. The number of nitrogens with zero attached hydrogens (tertiary/aromatic N) is 5. The highest BCUT2D eigenvalue weighted by Gasteiger charge is 2.17. The number of aryl methyl sites for hydroxylation is 3. The molecule has 9 heteroatoms. The monoisotopic (exact) mass is 445 g/mol. The molecular formula is C24H19FN6O2. The fraction of sp³-hybridized carbons (Fsp3) is 0.125. The maximum absolute atomic E-state index is 14.7. The van der Waals surface area contributed by atoms with E-state index in [9.17, 15) is 9.18 Å². The Morgan fingerprint density at radius 2 is 2.09 bits per heavy atom. The molecule has 0 saturated heterocycles. The second kappa shape index (κ2) is 7.94. The van der Waals surface area contributed by atoms with Crippen LogP contribution >= 0.6 is 0 Å². The third kappa shape index (κ3) is 3.84. The smallest absolute Gasteiger partial charge is 0.293 e. The van der Waals surface area contributed by atoms with Crippen molar-refractivity contribution in [2.75, 3.05) is 5.32 Å². The van der Waals surface area contributed by atoms with Gasteiger partial charge in [0.05, 0.1) is 11.4 Å². The van der Waals surface area contributed by atoms with Crippen LogP contribution in [0.3, 0.4) is 0 Å². The molecule has 0 aliphatic heterocycles. The number of pyridine rings is 2. The number of oxazole rings is 1. The number of halogens is 1. The van der Waals surface area contributed by atoms with E-state index in [0.29, 0.717) is 11.0 Å². The number of anilines is 1. The van der Waals surface area contributed by atoms with Crippen LogP contribution in [-0.4, -0.2) is 30.6 Å². The highest BCUT2D eigenvalue weighted by atomic mass is 19.1. The molecule has 4 heterocycles. The molecule has 0 aliphatic carbocycles. The van der Waals surface area contributed by atoms with Crippen LogP contribution in [-0.2, 0) is 0 Å². The van der Waals surface area contributed by atoms with Crippen molar-refractivity contribution in [3.05, 3.63) is 83.7 Å². The van der Waals surface area contributed by atoms with Gasteiger partial charge >= 0.3 is 0 Å². The van der Waals surface area contributed by atoms with Crippen LogP contribution in [0.25, 0.3) is 28.0 Å². The number of benzene rings is 1. The van der Waals surface area contributed by atoms with Gasteiger partial charge in [-0.15, -0.1) is 5.10 Å². The molecule has 5 aromatic rings. The minimum Gasteiger partial charge on any atom is -0.436 e. The lowest BCUT2D eigenvalue weighted by Crippen LogP contribution is -2.13. The van der Waals surface area contributed by atoms with Crippen molar-refractivity contribution < 1.29 is 17.7 Å². The van der Waals surface area contributed by atoms with Crippen molar-refractivity contribution >= 4 is 22.6 Å². The summed E-state index contributed by atoms with van der Waals surface area (Å²) in [6.07, 6.45) is 5.00. The van der Waals surface area contributed by atoms with Crippen LogP contribution in [0.5, 0.6) is 0 Å². The number of hydrogen-bond acceptors (Lipinski definition) is 6. The van der Waals surface area contributed by atoms with Gasteiger partial charge in [-0.3, -0.25) is 9.78 Å². The zero-order chi connectivity index (χ0) is 25.6. The third-order valence-corrected chi connectivity index (χ3v) is 5.10. The summed E-state index contributed by atoms with van der Waals surface area (Å²) in [7, 11) is 0. The Hall–Kier alpha value is -4.40. The minimum absolute atomic E-state index is 0.0823. The van der Waals surface area contributed by atoms with Gasteiger partial charge in [0.25, 0.3) is 5.91 Å². The molecule has 0 unspecified atom stereocenters. The summed E-state index contributed by atoms with van der Waals surface area (Å²) in [4.78, 5) is 25.3. The average Bonchev–Trinajstić information content (AvgIpc) is 3.43. The Morgan fingerprint density at radius 3 is 2.88 bits per heavy atom. The summed E-state index contributed by atoms with van der Waals surface area (Å²) < 4.78 is 43.4. The molecule has 0 bridgehead atoms. The summed E-state index contributed by atoms with van der Waals surface area (Å²) in [5.74, 6) is -2.04. The number of aromatic nitrogens is 5. The van der Waals surface area contributed by atoms with E-state index in [2.05, 4.69) is 25.4 Å². The Morgan fingerprint density at radius 1 is 1.21 bits per heavy atom. The molecule has 8 nitrogen and oxygen atoms in total. The van der Waals surface area contributed by atoms with Gasteiger partial charge in [0.15, 0.2) is 11.5 Å². The molecule has 0 radical (unpaired) electrons. The van der Waals surface area contributed by atoms with E-state index in [1.807, 2.05) is 25.1 Å². The lowest BCUT2D eigenvalue weighted by atomic mass is 10.1. The van der Waals surface area contributed by atoms with E-state index in [0.717, 1.165) is 16.8 Å². The predicted octanol–water partition coefficient (Wildman–Crippen LogP) is 4.79. The SMILES string of the molecule is [2H]C([2H])([2H])c1nc(C)c(C(=O)Nc2ccc(F)c(-n3cc4cc(-c5ncccc5C)cnc4n3)c2)o1. The molecule has 0 atom stereocenters. The average molecular weight is 445 g/mol. The fourth-order valence-electron chi connectivity index (χ4n) is 3.52. The maximum atomic E-state index is 14.7. The second-order valence-corrected chi connectivity index (χ2v) is 7.43. The topological polar surface area (TPSA) is 98.7 Å². The number of rotatable bonds is 4. The van der Waals surface area contributed by atoms with Gasteiger partial charge in [0, 0.05) is 46.2 Å². The van der Waals surface area contributed by atoms with Gasteiger partial charge in [0.1, 0.15) is 11.5 Å². The molecule has 0 spiro atoms. The van der Waals surface area contributed by atoms with Crippen LogP contribution < -0.4 is 5.32 Å². The first-order valence-electron chi connectivity index (χ1n) is 11.5.